The molecule has 0 saturated heterocycles. The van der Waals surface area contributed by atoms with Crippen molar-refractivity contribution in [3.05, 3.63) is 11.1 Å². The molecule has 14 heavy (non-hydrogen) atoms. The van der Waals surface area contributed by atoms with Gasteiger partial charge in [0.2, 0.25) is 0 Å². The van der Waals surface area contributed by atoms with Gasteiger partial charge in [-0.05, 0) is 51.5 Å². The normalized spacial score (nSPS) is 32.9. The molecule has 2 heteroatoms. The molecule has 1 fully saturated rings. The Morgan fingerprint density at radius 1 is 1.43 bits per heavy atom. The van der Waals surface area contributed by atoms with Gasteiger partial charge in [-0.1, -0.05) is 12.5 Å². The van der Waals surface area contributed by atoms with E-state index in [4.69, 9.17) is 0 Å². The Morgan fingerprint density at radius 3 is 2.43 bits per heavy atom. The molecule has 1 aliphatic carbocycles. The van der Waals surface area contributed by atoms with Gasteiger partial charge >= 0.3 is 0 Å². The minimum absolute atomic E-state index is 0.111. The van der Waals surface area contributed by atoms with Crippen LogP contribution in [0.25, 0.3) is 0 Å². The molecule has 0 spiro atoms. The molecule has 0 amide bonds. The molecular formula is C12H20O2. The second kappa shape index (κ2) is 3.85. The molecule has 0 bridgehead atoms. The van der Waals surface area contributed by atoms with E-state index >= 15 is 0 Å². The van der Waals surface area contributed by atoms with Crippen molar-refractivity contribution in [2.45, 2.75) is 52.6 Å². The highest BCUT2D eigenvalue weighted by molar-refractivity contribution is 5.88. The highest BCUT2D eigenvalue weighted by atomic mass is 16.3. The van der Waals surface area contributed by atoms with Gasteiger partial charge in [0.25, 0.3) is 0 Å². The zero-order valence-electron chi connectivity index (χ0n) is 9.55. The molecule has 0 heterocycles. The highest BCUT2D eigenvalue weighted by Crippen LogP contribution is 2.38. The molecule has 1 saturated carbocycles. The summed E-state index contributed by atoms with van der Waals surface area (Å²) in [6.45, 7) is 7.52. The van der Waals surface area contributed by atoms with Crippen molar-refractivity contribution in [1.82, 2.24) is 0 Å². The van der Waals surface area contributed by atoms with E-state index in [0.29, 0.717) is 12.3 Å². The van der Waals surface area contributed by atoms with E-state index in [1.54, 1.807) is 0 Å². The summed E-state index contributed by atoms with van der Waals surface area (Å²) in [5, 5.41) is 10.3. The number of carbonyl (C=O) groups is 1. The van der Waals surface area contributed by atoms with Crippen LogP contribution in [-0.4, -0.2) is 16.5 Å². The number of rotatable bonds is 1. The summed E-state index contributed by atoms with van der Waals surface area (Å²) in [6, 6.07) is 0. The topological polar surface area (TPSA) is 37.3 Å². The zero-order valence-corrected chi connectivity index (χ0v) is 9.55. The van der Waals surface area contributed by atoms with Crippen LogP contribution >= 0.6 is 0 Å². The minimum Gasteiger partial charge on any atom is -0.378 e. The Morgan fingerprint density at radius 2 is 2.00 bits per heavy atom. The van der Waals surface area contributed by atoms with E-state index in [2.05, 4.69) is 6.92 Å². The largest absolute Gasteiger partial charge is 0.378 e. The number of hydrogen-bond donors (Lipinski definition) is 1. The molecule has 0 aromatic rings. The van der Waals surface area contributed by atoms with E-state index in [0.717, 1.165) is 24.0 Å². The summed E-state index contributed by atoms with van der Waals surface area (Å²) in [5.41, 5.74) is 0.869. The van der Waals surface area contributed by atoms with Crippen molar-refractivity contribution in [3.63, 3.8) is 0 Å². The maximum Gasteiger partial charge on any atom is 0.165 e. The van der Waals surface area contributed by atoms with Gasteiger partial charge in [-0.3, -0.25) is 4.79 Å². The first kappa shape index (κ1) is 11.4. The Balaban J connectivity index is 3.08. The van der Waals surface area contributed by atoms with Crippen molar-refractivity contribution in [2.75, 3.05) is 0 Å². The Labute approximate surface area is 86.0 Å². The molecule has 2 nitrogen and oxygen atoms in total. The number of allylic oxidation sites excluding steroid dienone is 1. The average molecular weight is 196 g/mol. The Kier molecular flexibility index (Phi) is 3.15. The van der Waals surface area contributed by atoms with Gasteiger partial charge in [0.05, 0.1) is 0 Å². The van der Waals surface area contributed by atoms with Crippen molar-refractivity contribution >= 4 is 5.78 Å². The van der Waals surface area contributed by atoms with Gasteiger partial charge < -0.3 is 5.11 Å². The van der Waals surface area contributed by atoms with E-state index < -0.39 is 5.60 Å². The third-order valence-corrected chi connectivity index (χ3v) is 3.22. The monoisotopic (exact) mass is 196 g/mol. The molecule has 0 radical (unpaired) electrons. The summed E-state index contributed by atoms with van der Waals surface area (Å²) in [6.07, 6.45) is 2.53. The van der Waals surface area contributed by atoms with Gasteiger partial charge in [0.15, 0.2) is 5.78 Å². The first-order valence-corrected chi connectivity index (χ1v) is 5.28. The number of hydrogen-bond acceptors (Lipinski definition) is 2. The van der Waals surface area contributed by atoms with Gasteiger partial charge in [-0.15, -0.1) is 0 Å². The summed E-state index contributed by atoms with van der Waals surface area (Å²) >= 11 is 0. The van der Waals surface area contributed by atoms with E-state index in [-0.39, 0.29) is 5.78 Å². The van der Waals surface area contributed by atoms with Gasteiger partial charge in [-0.25, -0.2) is 0 Å². The van der Waals surface area contributed by atoms with Crippen LogP contribution in [0.3, 0.4) is 0 Å². The first-order chi connectivity index (χ1) is 6.38. The lowest BCUT2D eigenvalue weighted by atomic mass is 9.72. The third kappa shape index (κ3) is 1.90. The number of Topliss-reactive ketones (excluding diaryl/α,β-unsaturated/α-hetero) is 1. The fraction of sp³-hybridized carbons (Fsp3) is 0.750. The molecule has 1 N–H and O–H groups in total. The lowest BCUT2D eigenvalue weighted by molar-refractivity contribution is -0.134. The van der Waals surface area contributed by atoms with Crippen LogP contribution in [0, 0.1) is 5.92 Å². The van der Waals surface area contributed by atoms with E-state index in [1.165, 1.54) is 6.92 Å². The quantitative estimate of drug-likeness (QED) is 0.654. The standard InChI is InChI=1S/C12H20O2/c1-8(2)11-6-5-9(3)7-12(11,14)10(4)13/h9,14H,5-7H2,1-4H3/t9-,12+/m1/s1. The lowest BCUT2D eigenvalue weighted by Crippen LogP contribution is -2.43. The predicted octanol–water partition coefficient (Wildman–Crippen LogP) is 2.46. The van der Waals surface area contributed by atoms with Crippen LogP contribution in [0.15, 0.2) is 11.1 Å². The third-order valence-electron chi connectivity index (χ3n) is 3.22. The molecule has 2 atom stereocenters. The van der Waals surface area contributed by atoms with Crippen molar-refractivity contribution in [3.8, 4) is 0 Å². The SMILES string of the molecule is CC(=O)[C@@]1(O)C[C@H](C)CCC1=C(C)C. The van der Waals surface area contributed by atoms with Gasteiger partial charge in [-0.2, -0.15) is 0 Å². The number of carbonyl (C=O) groups excluding carboxylic acids is 1. The van der Waals surface area contributed by atoms with Crippen LogP contribution in [0.5, 0.6) is 0 Å². The number of aliphatic hydroxyl groups is 1. The molecule has 1 aliphatic rings. The van der Waals surface area contributed by atoms with Gasteiger partial charge in [0.1, 0.15) is 5.60 Å². The Bertz CT molecular complexity index is 274. The summed E-state index contributed by atoms with van der Waals surface area (Å²) in [7, 11) is 0. The van der Waals surface area contributed by atoms with Crippen LogP contribution in [0.4, 0.5) is 0 Å². The van der Waals surface area contributed by atoms with Crippen molar-refractivity contribution in [1.29, 1.82) is 0 Å². The summed E-state index contributed by atoms with van der Waals surface area (Å²) < 4.78 is 0. The van der Waals surface area contributed by atoms with E-state index in [9.17, 15) is 9.90 Å². The molecule has 0 aromatic heterocycles. The van der Waals surface area contributed by atoms with Crippen LogP contribution in [-0.2, 0) is 4.79 Å². The van der Waals surface area contributed by atoms with Crippen LogP contribution in [0.1, 0.15) is 47.0 Å². The zero-order chi connectivity index (χ0) is 10.9. The highest BCUT2D eigenvalue weighted by Gasteiger charge is 2.41. The van der Waals surface area contributed by atoms with Gasteiger partial charge in [0, 0.05) is 0 Å². The fourth-order valence-corrected chi connectivity index (χ4v) is 2.35. The predicted molar refractivity (Wildman–Crippen MR) is 57.0 cm³/mol. The maximum atomic E-state index is 11.5. The first-order valence-electron chi connectivity index (χ1n) is 5.28. The smallest absolute Gasteiger partial charge is 0.165 e. The molecule has 0 aromatic carbocycles. The van der Waals surface area contributed by atoms with Crippen LogP contribution in [0.2, 0.25) is 0 Å². The summed E-state index contributed by atoms with van der Waals surface area (Å²) in [4.78, 5) is 11.5. The van der Waals surface area contributed by atoms with Crippen molar-refractivity contribution in [2.24, 2.45) is 5.92 Å². The fourth-order valence-electron chi connectivity index (χ4n) is 2.35. The van der Waals surface area contributed by atoms with Crippen molar-refractivity contribution < 1.29 is 9.90 Å². The average Bonchev–Trinajstić information content (AvgIpc) is 2.02. The second-order valence-corrected chi connectivity index (χ2v) is 4.74. The summed E-state index contributed by atoms with van der Waals surface area (Å²) in [5.74, 6) is 0.326. The lowest BCUT2D eigenvalue weighted by Gasteiger charge is -2.37. The molecule has 1 rings (SSSR count). The maximum absolute atomic E-state index is 11.5. The minimum atomic E-state index is -1.17. The molecule has 0 aliphatic heterocycles. The molecule has 0 unspecified atom stereocenters. The number of ketones is 1. The Hall–Kier alpha value is -0.630. The van der Waals surface area contributed by atoms with E-state index in [1.807, 2.05) is 13.8 Å². The van der Waals surface area contributed by atoms with Crippen LogP contribution < -0.4 is 0 Å². The molecule has 80 valence electrons. The molecular weight excluding hydrogens is 176 g/mol. The second-order valence-electron chi connectivity index (χ2n) is 4.74.